The predicted molar refractivity (Wildman–Crippen MR) is 71.6 cm³/mol. The zero-order chi connectivity index (χ0) is 13.0. The third-order valence-corrected chi connectivity index (χ3v) is 2.63. The number of hydrogen-bond acceptors (Lipinski definition) is 4. The molecule has 1 heterocycles. The van der Waals surface area contributed by atoms with Crippen LogP contribution >= 0.6 is 0 Å². The molecule has 0 spiro atoms. The van der Waals surface area contributed by atoms with Crippen molar-refractivity contribution < 1.29 is 4.74 Å². The molecule has 4 nitrogen and oxygen atoms in total. The smallest absolute Gasteiger partial charge is 0.132 e. The molecule has 2 rings (SSSR count). The van der Waals surface area contributed by atoms with E-state index in [4.69, 9.17) is 10.5 Å². The fraction of sp³-hybridized carbons (Fsp3) is 0.286. The van der Waals surface area contributed by atoms with Crippen molar-refractivity contribution in [3.05, 3.63) is 47.5 Å². The van der Waals surface area contributed by atoms with E-state index in [1.807, 2.05) is 26.0 Å². The van der Waals surface area contributed by atoms with Gasteiger partial charge in [-0.05, 0) is 31.0 Å². The summed E-state index contributed by atoms with van der Waals surface area (Å²) in [6.07, 6.45) is 3.96. The van der Waals surface area contributed by atoms with Gasteiger partial charge in [0.15, 0.2) is 0 Å². The van der Waals surface area contributed by atoms with Crippen molar-refractivity contribution in [3.63, 3.8) is 0 Å². The van der Waals surface area contributed by atoms with E-state index in [1.54, 1.807) is 12.4 Å². The van der Waals surface area contributed by atoms with Gasteiger partial charge in [0.1, 0.15) is 11.6 Å². The minimum atomic E-state index is 0.585. The number of anilines is 1. The summed E-state index contributed by atoms with van der Waals surface area (Å²) in [6, 6.07) is 6.13. The van der Waals surface area contributed by atoms with E-state index in [-0.39, 0.29) is 0 Å². The lowest BCUT2D eigenvalue weighted by atomic mass is 10.1. The van der Waals surface area contributed by atoms with Gasteiger partial charge in [0, 0.05) is 6.42 Å². The average molecular weight is 243 g/mol. The Hall–Kier alpha value is -2.10. The number of benzene rings is 1. The molecule has 1 aromatic heterocycles. The van der Waals surface area contributed by atoms with Gasteiger partial charge >= 0.3 is 0 Å². The summed E-state index contributed by atoms with van der Waals surface area (Å²) in [5.41, 5.74) is 8.44. The monoisotopic (exact) mass is 243 g/mol. The van der Waals surface area contributed by atoms with Crippen LogP contribution in [0, 0.1) is 6.92 Å². The third-order valence-electron chi connectivity index (χ3n) is 2.63. The van der Waals surface area contributed by atoms with Crippen molar-refractivity contribution in [1.82, 2.24) is 9.97 Å². The molecular weight excluding hydrogens is 226 g/mol. The Kier molecular flexibility index (Phi) is 3.77. The normalized spacial score (nSPS) is 10.3. The highest BCUT2D eigenvalue weighted by atomic mass is 16.5. The van der Waals surface area contributed by atoms with Gasteiger partial charge in [-0.3, -0.25) is 0 Å². The van der Waals surface area contributed by atoms with Crippen molar-refractivity contribution in [3.8, 4) is 5.75 Å². The molecule has 0 aliphatic rings. The van der Waals surface area contributed by atoms with Crippen LogP contribution in [-0.4, -0.2) is 16.6 Å². The Bertz CT molecular complexity index is 523. The number of aromatic nitrogens is 2. The Balaban J connectivity index is 2.14. The van der Waals surface area contributed by atoms with Gasteiger partial charge in [-0.25, -0.2) is 9.97 Å². The minimum Gasteiger partial charge on any atom is -0.494 e. The van der Waals surface area contributed by atoms with Crippen molar-refractivity contribution >= 4 is 5.69 Å². The number of nitrogens with zero attached hydrogens (tertiary/aromatic N) is 2. The Morgan fingerprint density at radius 2 is 1.94 bits per heavy atom. The lowest BCUT2D eigenvalue weighted by molar-refractivity contribution is 0.338. The molecular formula is C14H17N3O. The van der Waals surface area contributed by atoms with Crippen LogP contribution in [0.15, 0.2) is 30.6 Å². The van der Waals surface area contributed by atoms with E-state index in [0.29, 0.717) is 18.7 Å². The molecule has 0 saturated carbocycles. The quantitative estimate of drug-likeness (QED) is 0.895. The van der Waals surface area contributed by atoms with Gasteiger partial charge in [0.05, 0.1) is 24.7 Å². The minimum absolute atomic E-state index is 0.585. The molecule has 0 aliphatic carbocycles. The summed E-state index contributed by atoms with van der Waals surface area (Å²) in [5.74, 6) is 1.70. The third kappa shape index (κ3) is 2.97. The molecule has 0 bridgehead atoms. The first-order chi connectivity index (χ1) is 8.69. The van der Waals surface area contributed by atoms with Crippen LogP contribution in [0.5, 0.6) is 5.75 Å². The summed E-state index contributed by atoms with van der Waals surface area (Å²) < 4.78 is 5.51. The molecule has 4 heteroatoms. The van der Waals surface area contributed by atoms with Crippen molar-refractivity contribution in [2.75, 3.05) is 12.3 Å². The van der Waals surface area contributed by atoms with Crippen molar-refractivity contribution in [2.45, 2.75) is 20.3 Å². The van der Waals surface area contributed by atoms with Crippen LogP contribution in [-0.2, 0) is 6.42 Å². The topological polar surface area (TPSA) is 61.0 Å². The van der Waals surface area contributed by atoms with Gasteiger partial charge < -0.3 is 10.5 Å². The van der Waals surface area contributed by atoms with Gasteiger partial charge in [-0.2, -0.15) is 0 Å². The van der Waals surface area contributed by atoms with E-state index in [2.05, 4.69) is 16.0 Å². The van der Waals surface area contributed by atoms with E-state index in [0.717, 1.165) is 17.1 Å². The van der Waals surface area contributed by atoms with E-state index in [1.165, 1.54) is 5.56 Å². The van der Waals surface area contributed by atoms with Crippen LogP contribution in [0.3, 0.4) is 0 Å². The van der Waals surface area contributed by atoms with Crippen molar-refractivity contribution in [2.24, 2.45) is 0 Å². The molecule has 2 aromatic rings. The lowest BCUT2D eigenvalue weighted by Gasteiger charge is -2.08. The summed E-state index contributed by atoms with van der Waals surface area (Å²) in [5, 5.41) is 0. The fourth-order valence-electron chi connectivity index (χ4n) is 1.78. The van der Waals surface area contributed by atoms with Crippen LogP contribution in [0.25, 0.3) is 0 Å². The van der Waals surface area contributed by atoms with Gasteiger partial charge in [0.2, 0.25) is 0 Å². The van der Waals surface area contributed by atoms with E-state index >= 15 is 0 Å². The summed E-state index contributed by atoms with van der Waals surface area (Å²) in [7, 11) is 0. The second kappa shape index (κ2) is 5.49. The zero-order valence-electron chi connectivity index (χ0n) is 10.7. The zero-order valence-corrected chi connectivity index (χ0v) is 10.7. The fourth-order valence-corrected chi connectivity index (χ4v) is 1.78. The molecule has 1 aromatic carbocycles. The van der Waals surface area contributed by atoms with Gasteiger partial charge in [-0.15, -0.1) is 0 Å². The van der Waals surface area contributed by atoms with Crippen molar-refractivity contribution in [1.29, 1.82) is 0 Å². The Morgan fingerprint density at radius 1 is 1.22 bits per heavy atom. The molecule has 0 aliphatic heterocycles. The maximum absolute atomic E-state index is 5.56. The Labute approximate surface area is 107 Å². The maximum Gasteiger partial charge on any atom is 0.132 e. The highest BCUT2D eigenvalue weighted by Gasteiger charge is 2.03. The predicted octanol–water partition coefficient (Wildman–Crippen LogP) is 2.36. The number of nitrogen functional groups attached to an aromatic ring is 1. The SMILES string of the molecule is CCOc1ccc(Cc2ncc(N)cn2)cc1C. The molecule has 94 valence electrons. The highest BCUT2D eigenvalue weighted by molar-refractivity contribution is 5.37. The van der Waals surface area contributed by atoms with Crippen LogP contribution < -0.4 is 10.5 Å². The second-order valence-electron chi connectivity index (χ2n) is 4.14. The number of nitrogens with two attached hydrogens (primary N) is 1. The number of aryl methyl sites for hydroxylation is 1. The van der Waals surface area contributed by atoms with Gasteiger partial charge in [-0.1, -0.05) is 12.1 Å². The van der Waals surface area contributed by atoms with Crippen LogP contribution in [0.1, 0.15) is 23.9 Å². The standard InChI is InChI=1S/C14H17N3O/c1-3-18-13-5-4-11(6-10(13)2)7-14-16-8-12(15)9-17-14/h4-6,8-9H,3,7,15H2,1-2H3. The highest BCUT2D eigenvalue weighted by Crippen LogP contribution is 2.20. The molecule has 0 saturated heterocycles. The molecule has 0 amide bonds. The second-order valence-corrected chi connectivity index (χ2v) is 4.14. The number of ether oxygens (including phenoxy) is 1. The molecule has 0 unspecified atom stereocenters. The average Bonchev–Trinajstić information content (AvgIpc) is 2.36. The molecule has 0 atom stereocenters. The molecule has 2 N–H and O–H groups in total. The van der Waals surface area contributed by atoms with Crippen LogP contribution in [0.2, 0.25) is 0 Å². The molecule has 0 radical (unpaired) electrons. The first-order valence-electron chi connectivity index (χ1n) is 5.97. The number of hydrogen-bond donors (Lipinski definition) is 1. The lowest BCUT2D eigenvalue weighted by Crippen LogP contribution is -1.99. The molecule has 0 fully saturated rings. The first kappa shape index (κ1) is 12.4. The molecule has 18 heavy (non-hydrogen) atoms. The van der Waals surface area contributed by atoms with E-state index in [9.17, 15) is 0 Å². The Morgan fingerprint density at radius 3 is 2.56 bits per heavy atom. The summed E-state index contributed by atoms with van der Waals surface area (Å²) >= 11 is 0. The first-order valence-corrected chi connectivity index (χ1v) is 5.97. The van der Waals surface area contributed by atoms with Crippen LogP contribution in [0.4, 0.5) is 5.69 Å². The maximum atomic E-state index is 5.56. The van der Waals surface area contributed by atoms with E-state index < -0.39 is 0 Å². The number of rotatable bonds is 4. The summed E-state index contributed by atoms with van der Waals surface area (Å²) in [6.45, 7) is 4.70. The largest absolute Gasteiger partial charge is 0.494 e. The summed E-state index contributed by atoms with van der Waals surface area (Å²) in [4.78, 5) is 8.39. The van der Waals surface area contributed by atoms with Gasteiger partial charge in [0.25, 0.3) is 0 Å².